The average Bonchev–Trinajstić information content (AvgIpc) is 2.81. The van der Waals surface area contributed by atoms with Gasteiger partial charge in [0.1, 0.15) is 5.75 Å². The third-order valence-corrected chi connectivity index (χ3v) is 4.69. The molecule has 0 saturated carbocycles. The molecule has 1 heterocycles. The van der Waals surface area contributed by atoms with Gasteiger partial charge in [0.25, 0.3) is 0 Å². The first-order chi connectivity index (χ1) is 11.0. The van der Waals surface area contributed by atoms with Gasteiger partial charge in [0.15, 0.2) is 5.16 Å². The van der Waals surface area contributed by atoms with Crippen LogP contribution < -0.4 is 4.74 Å². The van der Waals surface area contributed by atoms with Gasteiger partial charge in [0, 0.05) is 18.0 Å². The zero-order valence-corrected chi connectivity index (χ0v) is 14.5. The standard InChI is InChI=1S/C17H22N2O3S/c1-4-19-13(3)12(2)18-17(19)23-11-5-10-22-15-8-6-14(7-9-15)16(20)21/h6-9H,4-5,10-11H2,1-3H3,(H,20,21). The molecule has 0 amide bonds. The van der Waals surface area contributed by atoms with E-state index in [1.165, 1.54) is 5.69 Å². The molecule has 0 aliphatic heterocycles. The Bertz CT molecular complexity index is 665. The molecule has 0 aliphatic carbocycles. The molecule has 2 aromatic rings. The second kappa shape index (κ2) is 8.06. The number of imidazole rings is 1. The van der Waals surface area contributed by atoms with E-state index in [1.54, 1.807) is 36.0 Å². The van der Waals surface area contributed by atoms with Gasteiger partial charge in [0.05, 0.1) is 17.9 Å². The lowest BCUT2D eigenvalue weighted by molar-refractivity contribution is 0.0697. The van der Waals surface area contributed by atoms with E-state index in [0.29, 0.717) is 12.4 Å². The number of aromatic nitrogens is 2. The highest BCUT2D eigenvalue weighted by Crippen LogP contribution is 2.22. The molecule has 0 aliphatic rings. The molecule has 1 aromatic carbocycles. The van der Waals surface area contributed by atoms with Gasteiger partial charge in [-0.2, -0.15) is 0 Å². The molecule has 2 rings (SSSR count). The van der Waals surface area contributed by atoms with Gasteiger partial charge >= 0.3 is 5.97 Å². The van der Waals surface area contributed by atoms with Crippen molar-refractivity contribution < 1.29 is 14.6 Å². The van der Waals surface area contributed by atoms with Crippen molar-refractivity contribution in [1.82, 2.24) is 9.55 Å². The fourth-order valence-electron chi connectivity index (χ4n) is 2.21. The lowest BCUT2D eigenvalue weighted by Gasteiger charge is -2.08. The van der Waals surface area contributed by atoms with Gasteiger partial charge < -0.3 is 14.4 Å². The molecular weight excluding hydrogens is 312 g/mol. The van der Waals surface area contributed by atoms with Crippen molar-refractivity contribution in [3.05, 3.63) is 41.2 Å². The van der Waals surface area contributed by atoms with E-state index >= 15 is 0 Å². The number of carboxylic acids is 1. The third-order valence-electron chi connectivity index (χ3n) is 3.63. The number of hydrogen-bond donors (Lipinski definition) is 1. The molecule has 1 N–H and O–H groups in total. The summed E-state index contributed by atoms with van der Waals surface area (Å²) in [7, 11) is 0. The molecule has 0 radical (unpaired) electrons. The monoisotopic (exact) mass is 334 g/mol. The summed E-state index contributed by atoms with van der Waals surface area (Å²) in [5, 5.41) is 9.91. The number of rotatable bonds is 8. The summed E-state index contributed by atoms with van der Waals surface area (Å²) >= 11 is 1.74. The Labute approximate surface area is 140 Å². The predicted molar refractivity (Wildman–Crippen MR) is 91.6 cm³/mol. The van der Waals surface area contributed by atoms with E-state index in [0.717, 1.165) is 29.6 Å². The highest BCUT2D eigenvalue weighted by atomic mass is 32.2. The van der Waals surface area contributed by atoms with Crippen LogP contribution in [0.4, 0.5) is 0 Å². The number of carboxylic acid groups (broad SMARTS) is 1. The molecule has 0 bridgehead atoms. The van der Waals surface area contributed by atoms with Gasteiger partial charge in [0.2, 0.25) is 0 Å². The van der Waals surface area contributed by atoms with Crippen molar-refractivity contribution in [2.24, 2.45) is 0 Å². The Morgan fingerprint density at radius 1 is 1.30 bits per heavy atom. The van der Waals surface area contributed by atoms with Gasteiger partial charge in [-0.1, -0.05) is 11.8 Å². The molecule has 5 nitrogen and oxygen atoms in total. The van der Waals surface area contributed by atoms with E-state index in [-0.39, 0.29) is 5.56 Å². The molecule has 0 unspecified atom stereocenters. The molecule has 6 heteroatoms. The number of carbonyl (C=O) groups is 1. The number of hydrogen-bond acceptors (Lipinski definition) is 4. The fourth-order valence-corrected chi connectivity index (χ4v) is 3.28. The largest absolute Gasteiger partial charge is 0.494 e. The second-order valence-electron chi connectivity index (χ2n) is 5.19. The summed E-state index contributed by atoms with van der Waals surface area (Å²) in [6.45, 7) is 7.79. The van der Waals surface area contributed by atoms with Crippen LogP contribution in [0, 0.1) is 13.8 Å². The summed E-state index contributed by atoms with van der Waals surface area (Å²) in [5.74, 6) is 0.704. The van der Waals surface area contributed by atoms with E-state index in [1.807, 2.05) is 6.92 Å². The summed E-state index contributed by atoms with van der Waals surface area (Å²) in [6.07, 6.45) is 0.903. The molecule has 0 saturated heterocycles. The molecule has 0 atom stereocenters. The SMILES string of the molecule is CCn1c(SCCCOc2ccc(C(=O)O)cc2)nc(C)c1C. The van der Waals surface area contributed by atoms with Crippen LogP contribution in [0.1, 0.15) is 35.1 Å². The smallest absolute Gasteiger partial charge is 0.335 e. The highest BCUT2D eigenvalue weighted by molar-refractivity contribution is 7.99. The molecule has 0 spiro atoms. The van der Waals surface area contributed by atoms with Crippen molar-refractivity contribution in [1.29, 1.82) is 0 Å². The van der Waals surface area contributed by atoms with Crippen LogP contribution in [0.15, 0.2) is 29.4 Å². The fraction of sp³-hybridized carbons (Fsp3) is 0.412. The Balaban J connectivity index is 1.76. The van der Waals surface area contributed by atoms with Gasteiger partial charge in [-0.15, -0.1) is 0 Å². The van der Waals surface area contributed by atoms with Crippen LogP contribution in [0.2, 0.25) is 0 Å². The summed E-state index contributed by atoms with van der Waals surface area (Å²) in [5.41, 5.74) is 2.58. The molecule has 124 valence electrons. The summed E-state index contributed by atoms with van der Waals surface area (Å²) in [4.78, 5) is 15.4. The number of aryl methyl sites for hydroxylation is 1. The summed E-state index contributed by atoms with van der Waals surface area (Å²) in [6, 6.07) is 6.48. The minimum atomic E-state index is -0.926. The van der Waals surface area contributed by atoms with E-state index < -0.39 is 5.97 Å². The number of benzene rings is 1. The lowest BCUT2D eigenvalue weighted by Crippen LogP contribution is -2.02. The van der Waals surface area contributed by atoms with E-state index in [9.17, 15) is 4.79 Å². The number of thioether (sulfide) groups is 1. The Kier molecular flexibility index (Phi) is 6.10. The van der Waals surface area contributed by atoms with Crippen molar-refractivity contribution in [2.75, 3.05) is 12.4 Å². The van der Waals surface area contributed by atoms with Crippen LogP contribution in [0.3, 0.4) is 0 Å². The maximum Gasteiger partial charge on any atom is 0.335 e. The van der Waals surface area contributed by atoms with Crippen molar-refractivity contribution in [2.45, 2.75) is 38.9 Å². The minimum Gasteiger partial charge on any atom is -0.494 e. The maximum atomic E-state index is 10.8. The molecular formula is C17H22N2O3S. The molecule has 1 aromatic heterocycles. The average molecular weight is 334 g/mol. The van der Waals surface area contributed by atoms with E-state index in [4.69, 9.17) is 9.84 Å². The third kappa shape index (κ3) is 4.51. The van der Waals surface area contributed by atoms with Crippen LogP contribution in [0.5, 0.6) is 5.75 Å². The van der Waals surface area contributed by atoms with Crippen LogP contribution in [-0.2, 0) is 6.54 Å². The Morgan fingerprint density at radius 2 is 2.00 bits per heavy atom. The van der Waals surface area contributed by atoms with Crippen molar-refractivity contribution in [3.63, 3.8) is 0 Å². The highest BCUT2D eigenvalue weighted by Gasteiger charge is 2.09. The van der Waals surface area contributed by atoms with Crippen LogP contribution >= 0.6 is 11.8 Å². The second-order valence-corrected chi connectivity index (χ2v) is 6.25. The number of ether oxygens (including phenoxy) is 1. The van der Waals surface area contributed by atoms with Crippen molar-refractivity contribution >= 4 is 17.7 Å². The maximum absolute atomic E-state index is 10.8. The molecule has 23 heavy (non-hydrogen) atoms. The zero-order valence-electron chi connectivity index (χ0n) is 13.7. The normalized spacial score (nSPS) is 10.7. The number of aromatic carboxylic acids is 1. The van der Waals surface area contributed by atoms with Crippen LogP contribution in [-0.4, -0.2) is 33.0 Å². The lowest BCUT2D eigenvalue weighted by atomic mass is 10.2. The summed E-state index contributed by atoms with van der Waals surface area (Å²) < 4.78 is 7.86. The van der Waals surface area contributed by atoms with Gasteiger partial charge in [-0.05, 0) is 51.5 Å². The topological polar surface area (TPSA) is 64.3 Å². The first-order valence-electron chi connectivity index (χ1n) is 7.65. The number of nitrogens with zero attached hydrogens (tertiary/aromatic N) is 2. The molecule has 0 fully saturated rings. The Morgan fingerprint density at radius 3 is 2.61 bits per heavy atom. The minimum absolute atomic E-state index is 0.269. The quantitative estimate of drug-likeness (QED) is 0.588. The zero-order chi connectivity index (χ0) is 16.8. The predicted octanol–water partition coefficient (Wildman–Crippen LogP) is 3.78. The van der Waals surface area contributed by atoms with Gasteiger partial charge in [-0.25, -0.2) is 9.78 Å². The van der Waals surface area contributed by atoms with Crippen LogP contribution in [0.25, 0.3) is 0 Å². The first-order valence-corrected chi connectivity index (χ1v) is 8.64. The van der Waals surface area contributed by atoms with Gasteiger partial charge in [-0.3, -0.25) is 0 Å². The van der Waals surface area contributed by atoms with Crippen molar-refractivity contribution in [3.8, 4) is 5.75 Å². The Hall–Kier alpha value is -1.95. The van der Waals surface area contributed by atoms with E-state index in [2.05, 4.69) is 23.4 Å². The first kappa shape index (κ1) is 17.4.